The van der Waals surface area contributed by atoms with Crippen molar-refractivity contribution in [2.75, 3.05) is 13.1 Å². The lowest BCUT2D eigenvalue weighted by Gasteiger charge is -2.24. The summed E-state index contributed by atoms with van der Waals surface area (Å²) in [6.07, 6.45) is 3.32. The second-order valence-corrected chi connectivity index (χ2v) is 7.29. The molecular formula is C19H30N6O2. The highest BCUT2D eigenvalue weighted by Gasteiger charge is 2.28. The lowest BCUT2D eigenvalue weighted by Crippen LogP contribution is -2.44. The van der Waals surface area contributed by atoms with Gasteiger partial charge in [-0.3, -0.25) is 0 Å². The summed E-state index contributed by atoms with van der Waals surface area (Å²) in [6.45, 7) is 9.99. The van der Waals surface area contributed by atoms with Crippen molar-refractivity contribution in [2.24, 2.45) is 4.99 Å². The first-order chi connectivity index (χ1) is 12.9. The second-order valence-electron chi connectivity index (χ2n) is 7.29. The monoisotopic (exact) mass is 374 g/mol. The van der Waals surface area contributed by atoms with E-state index in [0.29, 0.717) is 19.0 Å². The molecule has 1 aliphatic rings. The molecule has 0 spiro atoms. The Bertz CT molecular complexity index is 805. The molecule has 0 aliphatic carbocycles. The molecule has 1 atom stereocenters. The number of fused-ring (bicyclic) bond motifs is 1. The van der Waals surface area contributed by atoms with Gasteiger partial charge < -0.3 is 24.7 Å². The fourth-order valence-corrected chi connectivity index (χ4v) is 3.49. The van der Waals surface area contributed by atoms with Gasteiger partial charge in [-0.1, -0.05) is 0 Å². The van der Waals surface area contributed by atoms with Crippen molar-refractivity contribution in [1.29, 1.82) is 0 Å². The standard InChI is InChI=1S/C19H30N6O2/c1-5-20-18(21-11-17-24-23-16-8-6-7-9-25(16)17)22-12-19(4,26)15-10-13(2)27-14(15)3/h10,26H,5-9,11-12H2,1-4H3,(H2,20,21,22). The van der Waals surface area contributed by atoms with Crippen LogP contribution < -0.4 is 10.6 Å². The van der Waals surface area contributed by atoms with E-state index in [1.165, 1.54) is 6.42 Å². The van der Waals surface area contributed by atoms with Crippen molar-refractivity contribution in [3.05, 3.63) is 34.8 Å². The van der Waals surface area contributed by atoms with Crippen LogP contribution in [0.25, 0.3) is 0 Å². The molecule has 0 saturated carbocycles. The number of aryl methyl sites for hydroxylation is 3. The van der Waals surface area contributed by atoms with Crippen LogP contribution in [-0.2, 0) is 25.1 Å². The zero-order chi connectivity index (χ0) is 19.4. The van der Waals surface area contributed by atoms with Gasteiger partial charge >= 0.3 is 0 Å². The molecule has 8 heteroatoms. The van der Waals surface area contributed by atoms with E-state index >= 15 is 0 Å². The maximum absolute atomic E-state index is 10.9. The Hall–Kier alpha value is -2.35. The fourth-order valence-electron chi connectivity index (χ4n) is 3.49. The van der Waals surface area contributed by atoms with Gasteiger partial charge in [0, 0.05) is 25.1 Å². The molecule has 0 bridgehead atoms. The molecule has 8 nitrogen and oxygen atoms in total. The summed E-state index contributed by atoms with van der Waals surface area (Å²) < 4.78 is 7.72. The van der Waals surface area contributed by atoms with Gasteiger partial charge in [0.2, 0.25) is 0 Å². The SMILES string of the molecule is CCNC(=NCc1nnc2n1CCCC2)NCC(C)(O)c1cc(C)oc1C. The minimum Gasteiger partial charge on any atom is -0.466 e. The molecule has 0 aromatic carbocycles. The zero-order valence-corrected chi connectivity index (χ0v) is 16.7. The predicted molar refractivity (Wildman–Crippen MR) is 104 cm³/mol. The molecule has 3 N–H and O–H groups in total. The Morgan fingerprint density at radius 1 is 1.33 bits per heavy atom. The number of aliphatic imine (C=N–C) groups is 1. The number of aliphatic hydroxyl groups is 1. The number of furan rings is 1. The normalized spacial score (nSPS) is 16.7. The van der Waals surface area contributed by atoms with Crippen LogP contribution in [0.4, 0.5) is 0 Å². The Morgan fingerprint density at radius 3 is 2.85 bits per heavy atom. The van der Waals surface area contributed by atoms with Crippen LogP contribution in [0.5, 0.6) is 0 Å². The molecular weight excluding hydrogens is 344 g/mol. The number of nitrogens with zero attached hydrogens (tertiary/aromatic N) is 4. The predicted octanol–water partition coefficient (Wildman–Crippen LogP) is 1.79. The highest BCUT2D eigenvalue weighted by atomic mass is 16.3. The summed E-state index contributed by atoms with van der Waals surface area (Å²) in [5.41, 5.74) is -0.277. The molecule has 0 fully saturated rings. The third-order valence-electron chi connectivity index (χ3n) is 4.88. The third-order valence-corrected chi connectivity index (χ3v) is 4.88. The summed E-state index contributed by atoms with van der Waals surface area (Å²) in [5, 5.41) is 25.9. The summed E-state index contributed by atoms with van der Waals surface area (Å²) in [4.78, 5) is 4.62. The van der Waals surface area contributed by atoms with Gasteiger partial charge in [-0.25, -0.2) is 4.99 Å². The molecule has 27 heavy (non-hydrogen) atoms. The van der Waals surface area contributed by atoms with E-state index in [-0.39, 0.29) is 0 Å². The van der Waals surface area contributed by atoms with E-state index in [2.05, 4.69) is 30.4 Å². The Labute approximate surface area is 160 Å². The summed E-state index contributed by atoms with van der Waals surface area (Å²) in [6, 6.07) is 1.88. The summed E-state index contributed by atoms with van der Waals surface area (Å²) in [5.74, 6) is 4.10. The molecule has 148 valence electrons. The number of aromatic nitrogens is 3. The molecule has 3 rings (SSSR count). The highest BCUT2D eigenvalue weighted by molar-refractivity contribution is 5.79. The first kappa shape index (κ1) is 19.4. The number of rotatable bonds is 6. The van der Waals surface area contributed by atoms with Crippen molar-refractivity contribution in [3.63, 3.8) is 0 Å². The third kappa shape index (κ3) is 4.50. The topological polar surface area (TPSA) is 100 Å². The molecule has 2 aromatic heterocycles. The van der Waals surface area contributed by atoms with Crippen LogP contribution >= 0.6 is 0 Å². The summed E-state index contributed by atoms with van der Waals surface area (Å²) in [7, 11) is 0. The van der Waals surface area contributed by atoms with Crippen LogP contribution in [0.1, 0.15) is 55.4 Å². The quantitative estimate of drug-likeness (QED) is 0.526. The molecule has 0 radical (unpaired) electrons. The Morgan fingerprint density at radius 2 is 2.15 bits per heavy atom. The van der Waals surface area contributed by atoms with E-state index < -0.39 is 5.60 Å². The number of guanidine groups is 1. The van der Waals surface area contributed by atoms with E-state index in [4.69, 9.17) is 4.42 Å². The first-order valence-corrected chi connectivity index (χ1v) is 9.63. The lowest BCUT2D eigenvalue weighted by atomic mass is 9.96. The van der Waals surface area contributed by atoms with Crippen molar-refractivity contribution >= 4 is 5.96 Å². The van der Waals surface area contributed by atoms with E-state index in [1.54, 1.807) is 6.92 Å². The minimum atomic E-state index is -1.06. The van der Waals surface area contributed by atoms with E-state index in [9.17, 15) is 5.11 Å². The lowest BCUT2D eigenvalue weighted by molar-refractivity contribution is 0.0601. The number of hydrogen-bond acceptors (Lipinski definition) is 5. The zero-order valence-electron chi connectivity index (χ0n) is 16.7. The van der Waals surface area contributed by atoms with E-state index in [1.807, 2.05) is 26.8 Å². The van der Waals surface area contributed by atoms with Crippen molar-refractivity contribution in [2.45, 2.75) is 65.6 Å². The average Bonchev–Trinajstić information content (AvgIpc) is 3.20. The number of nitrogens with one attached hydrogen (secondary N) is 2. The fraction of sp³-hybridized carbons (Fsp3) is 0.632. The van der Waals surface area contributed by atoms with Crippen molar-refractivity contribution < 1.29 is 9.52 Å². The maximum Gasteiger partial charge on any atom is 0.191 e. The maximum atomic E-state index is 10.9. The van der Waals surface area contributed by atoms with Gasteiger partial charge in [0.05, 0.1) is 6.54 Å². The largest absolute Gasteiger partial charge is 0.466 e. The van der Waals surface area contributed by atoms with Gasteiger partial charge in [-0.2, -0.15) is 0 Å². The van der Waals surface area contributed by atoms with Crippen LogP contribution in [0, 0.1) is 13.8 Å². The molecule has 0 amide bonds. The molecule has 0 saturated heterocycles. The highest BCUT2D eigenvalue weighted by Crippen LogP contribution is 2.26. The van der Waals surface area contributed by atoms with Crippen LogP contribution in [0.15, 0.2) is 15.5 Å². The second kappa shape index (κ2) is 8.12. The van der Waals surface area contributed by atoms with Crippen LogP contribution in [0.2, 0.25) is 0 Å². The molecule has 1 aliphatic heterocycles. The van der Waals surface area contributed by atoms with Crippen molar-refractivity contribution in [3.8, 4) is 0 Å². The average molecular weight is 374 g/mol. The van der Waals surface area contributed by atoms with Crippen molar-refractivity contribution in [1.82, 2.24) is 25.4 Å². The first-order valence-electron chi connectivity index (χ1n) is 9.63. The van der Waals surface area contributed by atoms with E-state index in [0.717, 1.165) is 54.7 Å². The summed E-state index contributed by atoms with van der Waals surface area (Å²) >= 11 is 0. The molecule has 1 unspecified atom stereocenters. The molecule has 3 heterocycles. The van der Waals surface area contributed by atoms with Crippen LogP contribution in [-0.4, -0.2) is 38.9 Å². The van der Waals surface area contributed by atoms with Gasteiger partial charge in [-0.15, -0.1) is 10.2 Å². The Balaban J connectivity index is 1.67. The Kier molecular flexibility index (Phi) is 5.84. The number of hydrogen-bond donors (Lipinski definition) is 3. The van der Waals surface area contributed by atoms with Crippen LogP contribution in [0.3, 0.4) is 0 Å². The van der Waals surface area contributed by atoms with Gasteiger partial charge in [0.25, 0.3) is 0 Å². The smallest absolute Gasteiger partial charge is 0.191 e. The van der Waals surface area contributed by atoms with Gasteiger partial charge in [0.1, 0.15) is 29.5 Å². The van der Waals surface area contributed by atoms with Gasteiger partial charge in [0.15, 0.2) is 11.8 Å². The molecule has 2 aromatic rings. The van der Waals surface area contributed by atoms with Gasteiger partial charge in [-0.05, 0) is 46.6 Å². The minimum absolute atomic E-state index is 0.316.